The van der Waals surface area contributed by atoms with Crippen molar-refractivity contribution in [1.82, 2.24) is 9.97 Å². The van der Waals surface area contributed by atoms with E-state index in [1.165, 1.54) is 17.5 Å². The van der Waals surface area contributed by atoms with Crippen LogP contribution in [0.2, 0.25) is 5.02 Å². The molecular weight excluding hydrogens is 374 g/mol. The van der Waals surface area contributed by atoms with Crippen molar-refractivity contribution in [3.8, 4) is 5.75 Å². The lowest BCUT2D eigenvalue weighted by Gasteiger charge is -2.09. The minimum Gasteiger partial charge on any atom is -0.483 e. The Morgan fingerprint density at radius 2 is 2.16 bits per heavy atom. The van der Waals surface area contributed by atoms with E-state index in [2.05, 4.69) is 14.7 Å². The molecule has 0 aliphatic carbocycles. The number of thiazole rings is 1. The fraction of sp³-hybridized carbons (Fsp3) is 0.188. The van der Waals surface area contributed by atoms with E-state index in [4.69, 9.17) is 16.3 Å². The lowest BCUT2D eigenvalue weighted by Crippen LogP contribution is -2.11. The van der Waals surface area contributed by atoms with E-state index < -0.39 is 23.2 Å². The second-order valence-electron chi connectivity index (χ2n) is 4.83. The van der Waals surface area contributed by atoms with Gasteiger partial charge in [-0.25, -0.2) is 23.5 Å². The molecule has 0 amide bonds. The van der Waals surface area contributed by atoms with Crippen LogP contribution >= 0.6 is 22.9 Å². The normalized spacial score (nSPS) is 10.9. The lowest BCUT2D eigenvalue weighted by atomic mass is 10.2. The molecule has 25 heavy (non-hydrogen) atoms. The maximum absolute atomic E-state index is 14.4. The number of esters is 1. The highest BCUT2D eigenvalue weighted by molar-refractivity contribution is 7.18. The molecule has 0 radical (unpaired) electrons. The molecule has 130 valence electrons. The van der Waals surface area contributed by atoms with Crippen LogP contribution < -0.4 is 4.74 Å². The number of carbonyl (C=O) groups is 1. The standard InChI is InChI=1S/C16H11ClF2N2O3S/c1-2-23-16(22)13-9(18)3-4-11(14(13)19)24-7-12-21-10-5-8(17)6-20-15(10)25-12/h3-6H,2,7H2,1H3. The first-order chi connectivity index (χ1) is 12.0. The predicted octanol–water partition coefficient (Wildman–Crippen LogP) is 4.38. The summed E-state index contributed by atoms with van der Waals surface area (Å²) >= 11 is 7.11. The number of halogens is 3. The highest BCUT2D eigenvalue weighted by Crippen LogP contribution is 2.27. The van der Waals surface area contributed by atoms with Gasteiger partial charge in [-0.1, -0.05) is 22.9 Å². The molecule has 2 aromatic heterocycles. The van der Waals surface area contributed by atoms with Gasteiger partial charge in [0.1, 0.15) is 33.3 Å². The van der Waals surface area contributed by atoms with Crippen LogP contribution in [0, 0.1) is 11.6 Å². The quantitative estimate of drug-likeness (QED) is 0.611. The molecule has 0 saturated heterocycles. The average Bonchev–Trinajstić information content (AvgIpc) is 2.96. The van der Waals surface area contributed by atoms with Gasteiger partial charge in [0.15, 0.2) is 11.6 Å². The van der Waals surface area contributed by atoms with E-state index in [9.17, 15) is 13.6 Å². The minimum atomic E-state index is -1.11. The van der Waals surface area contributed by atoms with Crippen molar-refractivity contribution < 1.29 is 23.0 Å². The van der Waals surface area contributed by atoms with Gasteiger partial charge < -0.3 is 9.47 Å². The van der Waals surface area contributed by atoms with Crippen LogP contribution in [0.4, 0.5) is 8.78 Å². The third-order valence-corrected chi connectivity index (χ3v) is 4.30. The number of aromatic nitrogens is 2. The molecule has 0 aliphatic rings. The van der Waals surface area contributed by atoms with E-state index in [1.807, 2.05) is 0 Å². The first kappa shape index (κ1) is 17.5. The lowest BCUT2D eigenvalue weighted by molar-refractivity contribution is 0.0514. The molecule has 5 nitrogen and oxygen atoms in total. The Morgan fingerprint density at radius 1 is 1.36 bits per heavy atom. The Kier molecular flexibility index (Phi) is 5.10. The number of rotatable bonds is 5. The number of carbonyl (C=O) groups excluding carboxylic acids is 1. The molecule has 0 spiro atoms. The molecule has 0 saturated carbocycles. The highest BCUT2D eigenvalue weighted by atomic mass is 35.5. The van der Waals surface area contributed by atoms with E-state index >= 15 is 0 Å². The summed E-state index contributed by atoms with van der Waals surface area (Å²) in [5.41, 5.74) is -0.181. The smallest absolute Gasteiger partial charge is 0.344 e. The zero-order valence-corrected chi connectivity index (χ0v) is 14.5. The molecule has 0 aliphatic heterocycles. The Balaban J connectivity index is 1.82. The molecule has 0 N–H and O–H groups in total. The summed E-state index contributed by atoms with van der Waals surface area (Å²) in [5, 5.41) is 0.986. The first-order valence-corrected chi connectivity index (χ1v) is 8.38. The Morgan fingerprint density at radius 3 is 2.92 bits per heavy atom. The van der Waals surface area contributed by atoms with Crippen LogP contribution in [-0.4, -0.2) is 22.5 Å². The van der Waals surface area contributed by atoms with Crippen molar-refractivity contribution in [2.75, 3.05) is 6.61 Å². The van der Waals surface area contributed by atoms with Gasteiger partial charge in [0.25, 0.3) is 0 Å². The molecule has 1 aromatic carbocycles. The van der Waals surface area contributed by atoms with Gasteiger partial charge >= 0.3 is 5.97 Å². The monoisotopic (exact) mass is 384 g/mol. The number of fused-ring (bicyclic) bond motifs is 1. The van der Waals surface area contributed by atoms with Crippen molar-refractivity contribution in [3.05, 3.63) is 51.6 Å². The molecule has 0 unspecified atom stereocenters. The van der Waals surface area contributed by atoms with Gasteiger partial charge in [0, 0.05) is 6.20 Å². The second-order valence-corrected chi connectivity index (χ2v) is 6.33. The van der Waals surface area contributed by atoms with Gasteiger partial charge in [-0.15, -0.1) is 0 Å². The first-order valence-electron chi connectivity index (χ1n) is 7.18. The molecule has 2 heterocycles. The number of hydrogen-bond acceptors (Lipinski definition) is 6. The molecule has 0 atom stereocenters. The summed E-state index contributed by atoms with van der Waals surface area (Å²) in [5.74, 6) is -3.47. The topological polar surface area (TPSA) is 61.3 Å². The summed E-state index contributed by atoms with van der Waals surface area (Å²) < 4.78 is 38.1. The van der Waals surface area contributed by atoms with Crippen LogP contribution in [0.15, 0.2) is 24.4 Å². The van der Waals surface area contributed by atoms with E-state index in [1.54, 1.807) is 13.0 Å². The Bertz CT molecular complexity index is 949. The van der Waals surface area contributed by atoms with Crippen LogP contribution in [0.1, 0.15) is 22.3 Å². The zero-order valence-electron chi connectivity index (χ0n) is 12.9. The maximum atomic E-state index is 14.4. The number of benzene rings is 1. The van der Waals surface area contributed by atoms with Crippen molar-refractivity contribution in [1.29, 1.82) is 0 Å². The SMILES string of the molecule is CCOC(=O)c1c(F)ccc(OCc2nc3cc(Cl)cnc3s2)c1F. The van der Waals surface area contributed by atoms with Crippen LogP contribution in [0.5, 0.6) is 5.75 Å². The Labute approximate surface area is 150 Å². The third kappa shape index (κ3) is 3.69. The van der Waals surface area contributed by atoms with Gasteiger partial charge in [-0.05, 0) is 25.1 Å². The Hall–Kier alpha value is -2.32. The number of hydrogen-bond donors (Lipinski definition) is 0. The van der Waals surface area contributed by atoms with E-state index in [0.717, 1.165) is 12.1 Å². The van der Waals surface area contributed by atoms with E-state index in [0.29, 0.717) is 20.4 Å². The zero-order chi connectivity index (χ0) is 18.0. The molecular formula is C16H11ClF2N2O3S. The molecule has 0 fully saturated rings. The average molecular weight is 385 g/mol. The van der Waals surface area contributed by atoms with Crippen LogP contribution in [0.25, 0.3) is 10.3 Å². The largest absolute Gasteiger partial charge is 0.483 e. The van der Waals surface area contributed by atoms with Crippen molar-refractivity contribution in [3.63, 3.8) is 0 Å². The third-order valence-electron chi connectivity index (χ3n) is 3.14. The minimum absolute atomic E-state index is 0.00403. The molecule has 9 heteroatoms. The predicted molar refractivity (Wildman–Crippen MR) is 89.1 cm³/mol. The summed E-state index contributed by atoms with van der Waals surface area (Å²) in [6, 6.07) is 3.71. The maximum Gasteiger partial charge on any atom is 0.344 e. The number of pyridine rings is 1. The van der Waals surface area contributed by atoms with Gasteiger partial charge in [0.2, 0.25) is 0 Å². The van der Waals surface area contributed by atoms with Gasteiger partial charge in [-0.3, -0.25) is 0 Å². The molecule has 0 bridgehead atoms. The molecule has 3 rings (SSSR count). The second kappa shape index (κ2) is 7.28. The van der Waals surface area contributed by atoms with Crippen LogP contribution in [0.3, 0.4) is 0 Å². The van der Waals surface area contributed by atoms with E-state index in [-0.39, 0.29) is 19.0 Å². The van der Waals surface area contributed by atoms with Crippen molar-refractivity contribution in [2.24, 2.45) is 0 Å². The van der Waals surface area contributed by atoms with Gasteiger partial charge in [0.05, 0.1) is 11.6 Å². The number of nitrogens with zero attached hydrogens (tertiary/aromatic N) is 2. The summed E-state index contributed by atoms with van der Waals surface area (Å²) in [6.45, 7) is 1.48. The summed E-state index contributed by atoms with van der Waals surface area (Å²) in [6.07, 6.45) is 1.50. The fourth-order valence-corrected chi connectivity index (χ4v) is 3.03. The number of ether oxygens (including phenoxy) is 2. The van der Waals surface area contributed by atoms with Crippen LogP contribution in [-0.2, 0) is 11.3 Å². The van der Waals surface area contributed by atoms with Crippen molar-refractivity contribution in [2.45, 2.75) is 13.5 Å². The molecule has 3 aromatic rings. The summed E-state index contributed by atoms with van der Waals surface area (Å²) in [4.78, 5) is 20.7. The van der Waals surface area contributed by atoms with Crippen molar-refractivity contribution >= 4 is 39.3 Å². The summed E-state index contributed by atoms with van der Waals surface area (Å²) in [7, 11) is 0. The fourth-order valence-electron chi connectivity index (χ4n) is 2.08. The highest BCUT2D eigenvalue weighted by Gasteiger charge is 2.22. The van der Waals surface area contributed by atoms with Gasteiger partial charge in [-0.2, -0.15) is 0 Å².